The number of aliphatic hydroxyl groups is 1. The van der Waals surface area contributed by atoms with Gasteiger partial charge in [0, 0.05) is 26.1 Å². The van der Waals surface area contributed by atoms with Crippen molar-refractivity contribution in [2.75, 3.05) is 19.7 Å². The Morgan fingerprint density at radius 3 is 2.58 bits per heavy atom. The zero-order chi connectivity index (χ0) is 23.8. The number of ketones is 1. The molecule has 8 heteroatoms. The van der Waals surface area contributed by atoms with Crippen LogP contribution in [-0.2, 0) is 22.9 Å². The highest BCUT2D eigenvalue weighted by Gasteiger charge is 2.40. The molecule has 1 aliphatic carbocycles. The Balaban J connectivity index is 1.67. The van der Waals surface area contributed by atoms with E-state index >= 15 is 0 Å². The number of Topliss-reactive ketones (excluding diaryl/α,β-unsaturated/α-hetero) is 1. The van der Waals surface area contributed by atoms with E-state index in [-0.39, 0.29) is 30.3 Å². The summed E-state index contributed by atoms with van der Waals surface area (Å²) in [5.41, 5.74) is 2.68. The first kappa shape index (κ1) is 24.7. The van der Waals surface area contributed by atoms with Crippen LogP contribution in [0.25, 0.3) is 0 Å². The number of hydrogen-bond donors (Lipinski definition) is 1. The third kappa shape index (κ3) is 5.15. The second-order valence-corrected chi connectivity index (χ2v) is 12.3. The number of sulfonamides is 1. The second kappa shape index (κ2) is 10.0. The van der Waals surface area contributed by atoms with Crippen LogP contribution in [0.2, 0.25) is 10.0 Å². The van der Waals surface area contributed by atoms with E-state index in [9.17, 15) is 18.3 Å². The minimum absolute atomic E-state index is 0.0485. The number of halogens is 2. The molecule has 2 aliphatic rings. The largest absolute Gasteiger partial charge is 0.396 e. The van der Waals surface area contributed by atoms with Gasteiger partial charge < -0.3 is 5.11 Å². The van der Waals surface area contributed by atoms with Crippen molar-refractivity contribution in [2.45, 2.75) is 44.3 Å². The van der Waals surface area contributed by atoms with Crippen molar-refractivity contribution in [3.05, 3.63) is 68.7 Å². The van der Waals surface area contributed by atoms with Crippen LogP contribution in [0.1, 0.15) is 58.5 Å². The minimum Gasteiger partial charge on any atom is -0.396 e. The molecule has 4 rings (SSSR count). The van der Waals surface area contributed by atoms with Gasteiger partial charge in [0.1, 0.15) is 5.25 Å². The molecule has 0 spiro atoms. The van der Waals surface area contributed by atoms with E-state index in [1.165, 1.54) is 0 Å². The van der Waals surface area contributed by atoms with Gasteiger partial charge >= 0.3 is 0 Å². The van der Waals surface area contributed by atoms with Crippen LogP contribution >= 0.6 is 23.2 Å². The van der Waals surface area contributed by atoms with Gasteiger partial charge in [-0.05, 0) is 66.3 Å². The first-order valence-corrected chi connectivity index (χ1v) is 13.6. The molecular formula is C25H29Cl2NO4S. The van der Waals surface area contributed by atoms with Gasteiger partial charge in [-0.15, -0.1) is 0 Å². The Kier molecular flexibility index (Phi) is 7.51. The molecule has 178 valence electrons. The van der Waals surface area contributed by atoms with Gasteiger partial charge in [0.15, 0.2) is 5.78 Å². The fourth-order valence-corrected chi connectivity index (χ4v) is 7.95. The fourth-order valence-electron chi connectivity index (χ4n) is 5.08. The first-order valence-electron chi connectivity index (χ1n) is 11.4. The lowest BCUT2D eigenvalue weighted by atomic mass is 9.82. The van der Waals surface area contributed by atoms with Crippen molar-refractivity contribution in [3.63, 3.8) is 0 Å². The minimum atomic E-state index is -3.59. The molecule has 33 heavy (non-hydrogen) atoms. The van der Waals surface area contributed by atoms with Gasteiger partial charge in [0.25, 0.3) is 0 Å². The van der Waals surface area contributed by atoms with E-state index in [2.05, 4.69) is 6.92 Å². The average Bonchev–Trinajstić information content (AvgIpc) is 2.78. The Labute approximate surface area is 205 Å². The number of carbonyl (C=O) groups is 1. The summed E-state index contributed by atoms with van der Waals surface area (Å²) in [6, 6.07) is 10.6. The van der Waals surface area contributed by atoms with Gasteiger partial charge in [-0.25, -0.2) is 12.7 Å². The molecule has 1 saturated heterocycles. The van der Waals surface area contributed by atoms with E-state index in [0.717, 1.165) is 29.5 Å². The SMILES string of the molecule is C[C@H]1CCCN(S(=O)(=O)C2C[C@H](CO)Cc3ccc(CC(=O)c4c(Cl)cccc4Cl)cc32)C1. The highest BCUT2D eigenvalue weighted by Crippen LogP contribution is 2.41. The van der Waals surface area contributed by atoms with Crippen molar-refractivity contribution < 1.29 is 18.3 Å². The molecule has 0 aromatic heterocycles. The molecule has 0 bridgehead atoms. The van der Waals surface area contributed by atoms with Crippen molar-refractivity contribution in [2.24, 2.45) is 11.8 Å². The lowest BCUT2D eigenvalue weighted by Crippen LogP contribution is -2.43. The Morgan fingerprint density at radius 2 is 1.91 bits per heavy atom. The second-order valence-electron chi connectivity index (χ2n) is 9.36. The predicted molar refractivity (Wildman–Crippen MR) is 131 cm³/mol. The summed E-state index contributed by atoms with van der Waals surface area (Å²) >= 11 is 12.4. The smallest absolute Gasteiger partial charge is 0.221 e. The van der Waals surface area contributed by atoms with E-state index in [1.54, 1.807) is 22.5 Å². The number of aliphatic hydroxyl groups excluding tert-OH is 1. The summed E-state index contributed by atoms with van der Waals surface area (Å²) in [4.78, 5) is 13.0. The maximum Gasteiger partial charge on any atom is 0.221 e. The molecule has 1 fully saturated rings. The summed E-state index contributed by atoms with van der Waals surface area (Å²) in [7, 11) is -3.59. The molecule has 0 amide bonds. The van der Waals surface area contributed by atoms with Crippen LogP contribution in [0.15, 0.2) is 36.4 Å². The zero-order valence-corrected chi connectivity index (χ0v) is 21.0. The molecular weight excluding hydrogens is 481 g/mol. The predicted octanol–water partition coefficient (Wildman–Crippen LogP) is 5.08. The summed E-state index contributed by atoms with van der Waals surface area (Å²) in [6.07, 6.45) is 2.97. The normalized spacial score (nSPS) is 23.8. The standard InChI is InChI=1S/C25H29Cl2NO4S/c1-16-4-3-9-28(14-16)33(31,32)24-13-18(15-29)10-19-8-7-17(11-20(19)24)12-23(30)25-21(26)5-2-6-22(25)27/h2,5-8,11,16,18,24,29H,3-4,9-10,12-15H2,1H3/t16-,18+,24?/m0/s1. The van der Waals surface area contributed by atoms with E-state index in [1.807, 2.05) is 18.2 Å². The third-order valence-corrected chi connectivity index (χ3v) is 9.66. The van der Waals surface area contributed by atoms with Gasteiger partial charge in [-0.2, -0.15) is 0 Å². The number of piperidine rings is 1. The lowest BCUT2D eigenvalue weighted by Gasteiger charge is -2.37. The lowest BCUT2D eigenvalue weighted by molar-refractivity contribution is 0.0993. The molecule has 2 aromatic carbocycles. The van der Waals surface area contributed by atoms with Crippen LogP contribution < -0.4 is 0 Å². The molecule has 1 aliphatic heterocycles. The van der Waals surface area contributed by atoms with Crippen molar-refractivity contribution in [1.82, 2.24) is 4.31 Å². The monoisotopic (exact) mass is 509 g/mol. The Hall–Kier alpha value is -1.44. The number of rotatable bonds is 6. The number of carbonyl (C=O) groups excluding carboxylic acids is 1. The molecule has 2 aromatic rings. The number of benzene rings is 2. The third-order valence-electron chi connectivity index (χ3n) is 6.82. The van der Waals surface area contributed by atoms with Crippen molar-refractivity contribution in [1.29, 1.82) is 0 Å². The molecule has 3 atom stereocenters. The molecule has 1 unspecified atom stereocenters. The van der Waals surface area contributed by atoms with Crippen molar-refractivity contribution >= 4 is 39.0 Å². The van der Waals surface area contributed by atoms with E-state index in [4.69, 9.17) is 23.2 Å². The van der Waals surface area contributed by atoms with Gasteiger partial charge in [-0.1, -0.05) is 54.4 Å². The van der Waals surface area contributed by atoms with Crippen LogP contribution in [0.5, 0.6) is 0 Å². The molecule has 1 N–H and O–H groups in total. The summed E-state index contributed by atoms with van der Waals surface area (Å²) < 4.78 is 29.0. The average molecular weight is 510 g/mol. The van der Waals surface area contributed by atoms with E-state index < -0.39 is 15.3 Å². The van der Waals surface area contributed by atoms with Crippen LogP contribution in [-0.4, -0.2) is 43.3 Å². The number of nitrogens with zero attached hydrogens (tertiary/aromatic N) is 1. The van der Waals surface area contributed by atoms with Crippen LogP contribution in [0, 0.1) is 11.8 Å². The maximum absolute atomic E-state index is 13.7. The van der Waals surface area contributed by atoms with Gasteiger partial charge in [0.2, 0.25) is 10.0 Å². The van der Waals surface area contributed by atoms with E-state index in [0.29, 0.717) is 41.9 Å². The van der Waals surface area contributed by atoms with Gasteiger partial charge in [0.05, 0.1) is 15.6 Å². The van der Waals surface area contributed by atoms with Crippen LogP contribution in [0.3, 0.4) is 0 Å². The Bertz CT molecular complexity index is 1130. The fraction of sp³-hybridized carbons (Fsp3) is 0.480. The highest BCUT2D eigenvalue weighted by atomic mass is 35.5. The first-order chi connectivity index (χ1) is 15.7. The molecule has 0 saturated carbocycles. The molecule has 0 radical (unpaired) electrons. The zero-order valence-electron chi connectivity index (χ0n) is 18.6. The van der Waals surface area contributed by atoms with Crippen LogP contribution in [0.4, 0.5) is 0 Å². The quantitative estimate of drug-likeness (QED) is 0.551. The molecule has 1 heterocycles. The number of hydrogen-bond acceptors (Lipinski definition) is 4. The Morgan fingerprint density at radius 1 is 1.18 bits per heavy atom. The summed E-state index contributed by atoms with van der Waals surface area (Å²) in [6.45, 7) is 3.09. The summed E-state index contributed by atoms with van der Waals surface area (Å²) in [5.74, 6) is 0.0160. The van der Waals surface area contributed by atoms with Gasteiger partial charge in [-0.3, -0.25) is 4.79 Å². The highest BCUT2D eigenvalue weighted by molar-refractivity contribution is 7.89. The maximum atomic E-state index is 13.7. The van der Waals surface area contributed by atoms with Crippen molar-refractivity contribution in [3.8, 4) is 0 Å². The summed E-state index contributed by atoms with van der Waals surface area (Å²) in [5, 5.41) is 9.71. The molecule has 5 nitrogen and oxygen atoms in total. The topological polar surface area (TPSA) is 74.7 Å². The number of fused-ring (bicyclic) bond motifs is 1.